The van der Waals surface area contributed by atoms with Gasteiger partial charge in [-0.25, -0.2) is 4.39 Å². The molecule has 0 aromatic carbocycles. The molecule has 1 fully saturated rings. The van der Waals surface area contributed by atoms with Crippen molar-refractivity contribution in [1.82, 2.24) is 4.90 Å². The minimum absolute atomic E-state index is 0.0639. The molecular formula is C9H16FNO. The van der Waals surface area contributed by atoms with Crippen LogP contribution >= 0.6 is 0 Å². The third kappa shape index (κ3) is 3.32. The Hall–Kier alpha value is -0.410. The summed E-state index contributed by atoms with van der Waals surface area (Å²) in [4.78, 5) is 2.25. The normalized spacial score (nSPS) is 21.2. The summed E-state index contributed by atoms with van der Waals surface area (Å²) in [6.45, 7) is 5.31. The lowest BCUT2D eigenvalue weighted by Gasteiger charge is -2.28. The van der Waals surface area contributed by atoms with Crippen LogP contribution in [0.5, 0.6) is 0 Å². The van der Waals surface area contributed by atoms with Crippen molar-refractivity contribution >= 4 is 0 Å². The molecule has 0 amide bonds. The lowest BCUT2D eigenvalue weighted by Crippen LogP contribution is -2.34. The maximum absolute atomic E-state index is 12.2. The summed E-state index contributed by atoms with van der Waals surface area (Å²) in [6, 6.07) is 0. The first-order chi connectivity index (χ1) is 5.68. The highest BCUT2D eigenvalue weighted by atomic mass is 19.1. The summed E-state index contributed by atoms with van der Waals surface area (Å²) >= 11 is 0. The molecule has 0 aromatic rings. The van der Waals surface area contributed by atoms with E-state index in [1.807, 2.05) is 0 Å². The number of ether oxygens (including phenoxy) is 1. The number of likely N-dealkylation sites (tertiary alicyclic amines) is 1. The summed E-state index contributed by atoms with van der Waals surface area (Å²) < 4.78 is 17.5. The molecule has 0 aliphatic carbocycles. The molecule has 0 N–H and O–H groups in total. The summed E-state index contributed by atoms with van der Waals surface area (Å²) in [5.74, 6) is -0.381. The van der Waals surface area contributed by atoms with E-state index in [0.29, 0.717) is 0 Å². The van der Waals surface area contributed by atoms with E-state index < -0.39 is 0 Å². The van der Waals surface area contributed by atoms with Crippen molar-refractivity contribution in [3.05, 3.63) is 12.4 Å². The van der Waals surface area contributed by atoms with Crippen LogP contribution in [-0.4, -0.2) is 37.7 Å². The van der Waals surface area contributed by atoms with Crippen LogP contribution in [0.25, 0.3) is 0 Å². The van der Waals surface area contributed by atoms with Crippen LogP contribution in [-0.2, 0) is 4.74 Å². The number of hydrogen-bond donors (Lipinski definition) is 0. The van der Waals surface area contributed by atoms with E-state index in [-0.39, 0.29) is 18.5 Å². The van der Waals surface area contributed by atoms with Crippen LogP contribution in [0.15, 0.2) is 12.4 Å². The summed E-state index contributed by atoms with van der Waals surface area (Å²) in [7, 11) is 2.09. The van der Waals surface area contributed by atoms with Crippen molar-refractivity contribution in [3.63, 3.8) is 0 Å². The first-order valence-electron chi connectivity index (χ1n) is 4.32. The Morgan fingerprint density at radius 3 is 2.67 bits per heavy atom. The molecule has 0 atom stereocenters. The minimum Gasteiger partial charge on any atom is -0.371 e. The van der Waals surface area contributed by atoms with Gasteiger partial charge in [0.05, 0.1) is 12.7 Å². The molecule has 1 saturated heterocycles. The minimum atomic E-state index is -0.381. The van der Waals surface area contributed by atoms with E-state index in [2.05, 4.69) is 18.5 Å². The maximum Gasteiger partial charge on any atom is 0.118 e. The van der Waals surface area contributed by atoms with Crippen molar-refractivity contribution in [2.45, 2.75) is 18.9 Å². The van der Waals surface area contributed by atoms with Gasteiger partial charge in [0.25, 0.3) is 0 Å². The first kappa shape index (κ1) is 9.68. The monoisotopic (exact) mass is 173 g/mol. The SMILES string of the molecule is C=C(F)COC1CCN(C)CC1. The van der Waals surface area contributed by atoms with Gasteiger partial charge in [0, 0.05) is 13.1 Å². The van der Waals surface area contributed by atoms with E-state index >= 15 is 0 Å². The molecule has 1 rings (SSSR count). The van der Waals surface area contributed by atoms with Gasteiger partial charge in [0.2, 0.25) is 0 Å². The molecule has 0 saturated carbocycles. The molecule has 12 heavy (non-hydrogen) atoms. The average molecular weight is 173 g/mol. The molecular weight excluding hydrogens is 157 g/mol. The molecule has 0 aromatic heterocycles. The van der Waals surface area contributed by atoms with Crippen LogP contribution in [0.4, 0.5) is 4.39 Å². The van der Waals surface area contributed by atoms with E-state index in [0.717, 1.165) is 25.9 Å². The summed E-state index contributed by atoms with van der Waals surface area (Å²) in [5.41, 5.74) is 0. The van der Waals surface area contributed by atoms with Crippen molar-refractivity contribution in [1.29, 1.82) is 0 Å². The highest BCUT2D eigenvalue weighted by Crippen LogP contribution is 2.12. The molecule has 0 spiro atoms. The van der Waals surface area contributed by atoms with Gasteiger partial charge in [-0.15, -0.1) is 0 Å². The van der Waals surface area contributed by atoms with Gasteiger partial charge in [0.15, 0.2) is 0 Å². The van der Waals surface area contributed by atoms with E-state index in [9.17, 15) is 4.39 Å². The second-order valence-corrected chi connectivity index (χ2v) is 3.33. The van der Waals surface area contributed by atoms with Crippen molar-refractivity contribution in [2.24, 2.45) is 0 Å². The van der Waals surface area contributed by atoms with Crippen molar-refractivity contribution in [2.75, 3.05) is 26.7 Å². The molecule has 2 nitrogen and oxygen atoms in total. The number of piperidine rings is 1. The third-order valence-corrected chi connectivity index (χ3v) is 2.14. The second-order valence-electron chi connectivity index (χ2n) is 3.33. The summed E-state index contributed by atoms with van der Waals surface area (Å²) in [6.07, 6.45) is 2.24. The number of nitrogens with zero attached hydrogens (tertiary/aromatic N) is 1. The fourth-order valence-electron chi connectivity index (χ4n) is 1.36. The van der Waals surface area contributed by atoms with Crippen LogP contribution in [0.2, 0.25) is 0 Å². The van der Waals surface area contributed by atoms with Crippen molar-refractivity contribution < 1.29 is 9.13 Å². The van der Waals surface area contributed by atoms with Crippen molar-refractivity contribution in [3.8, 4) is 0 Å². The molecule has 1 heterocycles. The summed E-state index contributed by atoms with van der Waals surface area (Å²) in [5, 5.41) is 0. The number of halogens is 1. The van der Waals surface area contributed by atoms with Gasteiger partial charge in [-0.3, -0.25) is 0 Å². The zero-order valence-electron chi connectivity index (χ0n) is 7.55. The molecule has 70 valence electrons. The lowest BCUT2D eigenvalue weighted by molar-refractivity contribution is 0.0189. The van der Waals surface area contributed by atoms with Gasteiger partial charge < -0.3 is 9.64 Å². The Bertz CT molecular complexity index is 153. The number of rotatable bonds is 3. The Balaban J connectivity index is 2.13. The van der Waals surface area contributed by atoms with Crippen LogP contribution in [0, 0.1) is 0 Å². The smallest absolute Gasteiger partial charge is 0.118 e. The molecule has 0 bridgehead atoms. The number of hydrogen-bond acceptors (Lipinski definition) is 2. The fraction of sp³-hybridized carbons (Fsp3) is 0.778. The van der Waals surface area contributed by atoms with Gasteiger partial charge in [-0.05, 0) is 19.9 Å². The second kappa shape index (κ2) is 4.58. The van der Waals surface area contributed by atoms with Gasteiger partial charge >= 0.3 is 0 Å². The zero-order chi connectivity index (χ0) is 8.97. The topological polar surface area (TPSA) is 12.5 Å². The van der Waals surface area contributed by atoms with E-state index in [1.54, 1.807) is 0 Å². The van der Waals surface area contributed by atoms with Crippen LogP contribution in [0.3, 0.4) is 0 Å². The average Bonchev–Trinajstić information content (AvgIpc) is 2.03. The Morgan fingerprint density at radius 1 is 1.58 bits per heavy atom. The van der Waals surface area contributed by atoms with Gasteiger partial charge in [0.1, 0.15) is 5.83 Å². The predicted molar refractivity (Wildman–Crippen MR) is 46.7 cm³/mol. The Labute approximate surface area is 73.0 Å². The fourth-order valence-corrected chi connectivity index (χ4v) is 1.36. The molecule has 1 aliphatic heterocycles. The third-order valence-electron chi connectivity index (χ3n) is 2.14. The Morgan fingerprint density at radius 2 is 2.17 bits per heavy atom. The molecule has 0 radical (unpaired) electrons. The molecule has 1 aliphatic rings. The standard InChI is InChI=1S/C9H16FNO/c1-8(10)7-12-9-3-5-11(2)6-4-9/h9H,1,3-7H2,2H3. The maximum atomic E-state index is 12.2. The highest BCUT2D eigenvalue weighted by Gasteiger charge is 2.16. The lowest BCUT2D eigenvalue weighted by atomic mass is 10.1. The molecule has 0 unspecified atom stereocenters. The predicted octanol–water partition coefficient (Wildman–Crippen LogP) is 1.58. The van der Waals surface area contributed by atoms with Crippen LogP contribution in [0.1, 0.15) is 12.8 Å². The largest absolute Gasteiger partial charge is 0.371 e. The van der Waals surface area contributed by atoms with Gasteiger partial charge in [-0.1, -0.05) is 6.58 Å². The quantitative estimate of drug-likeness (QED) is 0.642. The highest BCUT2D eigenvalue weighted by molar-refractivity contribution is 4.80. The zero-order valence-corrected chi connectivity index (χ0v) is 7.55. The van der Waals surface area contributed by atoms with E-state index in [4.69, 9.17) is 4.74 Å². The van der Waals surface area contributed by atoms with E-state index in [1.165, 1.54) is 0 Å². The first-order valence-corrected chi connectivity index (χ1v) is 4.32. The molecule has 3 heteroatoms. The van der Waals surface area contributed by atoms with Gasteiger partial charge in [-0.2, -0.15) is 0 Å². The Kier molecular flexibility index (Phi) is 3.69. The van der Waals surface area contributed by atoms with Crippen LogP contribution < -0.4 is 0 Å².